The van der Waals surface area contributed by atoms with Gasteiger partial charge in [-0.25, -0.2) is 0 Å². The number of hydrogen-bond acceptors (Lipinski definition) is 4. The van der Waals surface area contributed by atoms with Gasteiger partial charge in [-0.1, -0.05) is 43.5 Å². The van der Waals surface area contributed by atoms with Crippen LogP contribution in [0.3, 0.4) is 0 Å². The van der Waals surface area contributed by atoms with Crippen molar-refractivity contribution in [1.82, 2.24) is 5.32 Å². The van der Waals surface area contributed by atoms with Gasteiger partial charge in [-0.05, 0) is 55.4 Å². The standard InChI is InChI=1S/C22H25N3O3S/c26-20(15-28-19-12-5-2-6-13-19)23-17-10-7-11-18(14-17)24-22(29)25-21(27)16-8-3-1-4-9-16/h2,5-7,10-14,16H,1,3-4,8-9,15H2,(H,23,26)(H2,24,25,27,29). The molecule has 0 aliphatic heterocycles. The summed E-state index contributed by atoms with van der Waals surface area (Å²) in [6.07, 6.45) is 5.21. The quantitative estimate of drug-likeness (QED) is 0.624. The van der Waals surface area contributed by atoms with Crippen LogP contribution in [0.1, 0.15) is 32.1 Å². The van der Waals surface area contributed by atoms with Crippen LogP contribution in [0.15, 0.2) is 54.6 Å². The zero-order chi connectivity index (χ0) is 20.5. The molecule has 0 aromatic heterocycles. The lowest BCUT2D eigenvalue weighted by Crippen LogP contribution is -2.39. The smallest absolute Gasteiger partial charge is 0.262 e. The lowest BCUT2D eigenvalue weighted by molar-refractivity contribution is -0.124. The molecular formula is C22H25N3O3S. The minimum Gasteiger partial charge on any atom is -0.484 e. The Morgan fingerprint density at radius 1 is 0.931 bits per heavy atom. The first-order valence-corrected chi connectivity index (χ1v) is 10.2. The molecule has 1 aliphatic carbocycles. The number of benzene rings is 2. The zero-order valence-corrected chi connectivity index (χ0v) is 17.0. The van der Waals surface area contributed by atoms with Gasteiger partial charge in [0.25, 0.3) is 5.91 Å². The van der Waals surface area contributed by atoms with Crippen molar-refractivity contribution in [2.24, 2.45) is 5.92 Å². The van der Waals surface area contributed by atoms with Crippen molar-refractivity contribution in [2.45, 2.75) is 32.1 Å². The molecule has 3 rings (SSSR count). The van der Waals surface area contributed by atoms with E-state index in [0.29, 0.717) is 17.1 Å². The number of carbonyl (C=O) groups is 2. The fraction of sp³-hybridized carbons (Fsp3) is 0.318. The number of hydrogen-bond donors (Lipinski definition) is 3. The highest BCUT2D eigenvalue weighted by atomic mass is 32.1. The maximum absolute atomic E-state index is 12.3. The molecule has 0 spiro atoms. The third-order valence-corrected chi connectivity index (χ3v) is 4.93. The van der Waals surface area contributed by atoms with Crippen LogP contribution >= 0.6 is 12.2 Å². The summed E-state index contributed by atoms with van der Waals surface area (Å²) in [6, 6.07) is 16.3. The van der Waals surface area contributed by atoms with Crippen LogP contribution in [-0.2, 0) is 9.59 Å². The van der Waals surface area contributed by atoms with Gasteiger partial charge in [0.1, 0.15) is 5.75 Å². The molecule has 0 atom stereocenters. The molecule has 6 nitrogen and oxygen atoms in total. The molecule has 2 amide bonds. The molecular weight excluding hydrogens is 386 g/mol. The minimum atomic E-state index is -0.265. The van der Waals surface area contributed by atoms with Crippen molar-refractivity contribution >= 4 is 40.5 Å². The highest BCUT2D eigenvalue weighted by Gasteiger charge is 2.21. The molecule has 0 radical (unpaired) electrons. The van der Waals surface area contributed by atoms with Gasteiger partial charge in [0.15, 0.2) is 11.7 Å². The van der Waals surface area contributed by atoms with E-state index in [2.05, 4.69) is 16.0 Å². The van der Waals surface area contributed by atoms with Crippen molar-refractivity contribution < 1.29 is 14.3 Å². The number of amides is 2. The van der Waals surface area contributed by atoms with Crippen LogP contribution in [0.25, 0.3) is 0 Å². The number of para-hydroxylation sites is 1. The predicted octanol–water partition coefficient (Wildman–Crippen LogP) is 4.10. The number of carbonyl (C=O) groups excluding carboxylic acids is 2. The van der Waals surface area contributed by atoms with Crippen molar-refractivity contribution in [3.05, 3.63) is 54.6 Å². The summed E-state index contributed by atoms with van der Waals surface area (Å²) in [5.41, 5.74) is 1.29. The van der Waals surface area contributed by atoms with Gasteiger partial charge < -0.3 is 20.7 Å². The van der Waals surface area contributed by atoms with Gasteiger partial charge >= 0.3 is 0 Å². The summed E-state index contributed by atoms with van der Waals surface area (Å²) in [5, 5.41) is 8.82. The van der Waals surface area contributed by atoms with Gasteiger partial charge in [-0.2, -0.15) is 0 Å². The summed E-state index contributed by atoms with van der Waals surface area (Å²) in [4.78, 5) is 24.4. The summed E-state index contributed by atoms with van der Waals surface area (Å²) in [6.45, 7) is -0.0858. The highest BCUT2D eigenvalue weighted by molar-refractivity contribution is 7.80. The van der Waals surface area contributed by atoms with Crippen molar-refractivity contribution in [3.63, 3.8) is 0 Å². The first kappa shape index (κ1) is 20.8. The molecule has 0 heterocycles. The van der Waals surface area contributed by atoms with Gasteiger partial charge in [-0.3, -0.25) is 9.59 Å². The average Bonchev–Trinajstić information content (AvgIpc) is 2.74. The van der Waals surface area contributed by atoms with Crippen molar-refractivity contribution in [2.75, 3.05) is 17.2 Å². The molecule has 0 bridgehead atoms. The highest BCUT2D eigenvalue weighted by Crippen LogP contribution is 2.23. The third-order valence-electron chi connectivity index (χ3n) is 4.73. The van der Waals surface area contributed by atoms with Crippen LogP contribution < -0.4 is 20.7 Å². The largest absolute Gasteiger partial charge is 0.484 e. The molecule has 0 unspecified atom stereocenters. The maximum Gasteiger partial charge on any atom is 0.262 e. The Morgan fingerprint density at radius 2 is 1.62 bits per heavy atom. The number of ether oxygens (including phenoxy) is 1. The Kier molecular flexibility index (Phi) is 7.58. The molecule has 152 valence electrons. The number of thiocarbonyl (C=S) groups is 1. The predicted molar refractivity (Wildman–Crippen MR) is 118 cm³/mol. The van der Waals surface area contributed by atoms with E-state index in [4.69, 9.17) is 17.0 Å². The van der Waals surface area contributed by atoms with E-state index >= 15 is 0 Å². The Morgan fingerprint density at radius 3 is 2.34 bits per heavy atom. The van der Waals surface area contributed by atoms with Crippen LogP contribution in [0.2, 0.25) is 0 Å². The normalized spacial score (nSPS) is 13.9. The fourth-order valence-corrected chi connectivity index (χ4v) is 3.50. The fourth-order valence-electron chi connectivity index (χ4n) is 3.28. The molecule has 2 aromatic carbocycles. The van der Waals surface area contributed by atoms with E-state index in [-0.39, 0.29) is 29.5 Å². The van der Waals surface area contributed by atoms with E-state index in [1.54, 1.807) is 30.3 Å². The molecule has 29 heavy (non-hydrogen) atoms. The average molecular weight is 412 g/mol. The van der Waals surface area contributed by atoms with E-state index in [1.165, 1.54) is 6.42 Å². The molecule has 2 aromatic rings. The second kappa shape index (κ2) is 10.6. The van der Waals surface area contributed by atoms with Crippen molar-refractivity contribution in [1.29, 1.82) is 0 Å². The van der Waals surface area contributed by atoms with Gasteiger partial charge in [0.05, 0.1) is 0 Å². The topological polar surface area (TPSA) is 79.5 Å². The number of anilines is 2. The lowest BCUT2D eigenvalue weighted by atomic mass is 9.89. The third kappa shape index (κ3) is 6.87. The van der Waals surface area contributed by atoms with Crippen LogP contribution in [0, 0.1) is 5.92 Å². The Balaban J connectivity index is 1.47. The monoisotopic (exact) mass is 411 g/mol. The van der Waals surface area contributed by atoms with Gasteiger partial charge in [0, 0.05) is 17.3 Å². The molecule has 1 saturated carbocycles. The summed E-state index contributed by atoms with van der Waals surface area (Å²) in [7, 11) is 0. The Bertz CT molecular complexity index is 851. The van der Waals surface area contributed by atoms with E-state index in [0.717, 1.165) is 25.7 Å². The minimum absolute atomic E-state index is 0.0234. The number of rotatable bonds is 6. The second-order valence-electron chi connectivity index (χ2n) is 7.01. The maximum atomic E-state index is 12.3. The zero-order valence-electron chi connectivity index (χ0n) is 16.1. The summed E-state index contributed by atoms with van der Waals surface area (Å²) >= 11 is 5.26. The lowest BCUT2D eigenvalue weighted by Gasteiger charge is -2.21. The first-order chi connectivity index (χ1) is 14.1. The molecule has 0 saturated heterocycles. The Labute approximate surface area is 176 Å². The Hall–Kier alpha value is -2.93. The molecule has 1 fully saturated rings. The number of nitrogens with one attached hydrogen (secondary N) is 3. The van der Waals surface area contributed by atoms with Crippen LogP contribution in [-0.4, -0.2) is 23.5 Å². The van der Waals surface area contributed by atoms with Crippen LogP contribution in [0.5, 0.6) is 5.75 Å². The van der Waals surface area contributed by atoms with Crippen LogP contribution in [0.4, 0.5) is 11.4 Å². The SMILES string of the molecule is O=C(COc1ccccc1)Nc1cccc(NC(=S)NC(=O)C2CCCCC2)c1. The van der Waals surface area contributed by atoms with E-state index < -0.39 is 0 Å². The van der Waals surface area contributed by atoms with E-state index in [9.17, 15) is 9.59 Å². The van der Waals surface area contributed by atoms with Gasteiger partial charge in [-0.15, -0.1) is 0 Å². The molecule has 3 N–H and O–H groups in total. The molecule has 1 aliphatic rings. The van der Waals surface area contributed by atoms with E-state index in [1.807, 2.05) is 24.3 Å². The summed E-state index contributed by atoms with van der Waals surface area (Å²) in [5.74, 6) is 0.389. The first-order valence-electron chi connectivity index (χ1n) is 9.80. The van der Waals surface area contributed by atoms with Gasteiger partial charge in [0.2, 0.25) is 5.91 Å². The second-order valence-corrected chi connectivity index (χ2v) is 7.42. The molecule has 7 heteroatoms. The van der Waals surface area contributed by atoms with Crippen molar-refractivity contribution in [3.8, 4) is 5.75 Å². The summed E-state index contributed by atoms with van der Waals surface area (Å²) < 4.78 is 5.44.